The summed E-state index contributed by atoms with van der Waals surface area (Å²) in [5.74, 6) is -0.500. The average molecular weight is 339 g/mol. The van der Waals surface area contributed by atoms with Crippen LogP contribution in [0.2, 0.25) is 0 Å². The highest BCUT2D eigenvalue weighted by Gasteiger charge is 2.30. The van der Waals surface area contributed by atoms with Crippen molar-refractivity contribution >= 4 is 17.5 Å². The maximum absolute atomic E-state index is 12.6. The van der Waals surface area contributed by atoms with Crippen LogP contribution in [0.15, 0.2) is 48.5 Å². The summed E-state index contributed by atoms with van der Waals surface area (Å²) in [7, 11) is 0. The monoisotopic (exact) mass is 339 g/mol. The van der Waals surface area contributed by atoms with Crippen LogP contribution in [0.4, 0.5) is 5.69 Å². The van der Waals surface area contributed by atoms with Crippen molar-refractivity contribution in [3.8, 4) is 0 Å². The van der Waals surface area contributed by atoms with Crippen LogP contribution in [0, 0.1) is 6.92 Å². The molecule has 0 heterocycles. The molecule has 0 spiro atoms. The number of nitrogens with two attached hydrogens (primary N) is 1. The number of rotatable bonds is 5. The van der Waals surface area contributed by atoms with E-state index in [9.17, 15) is 9.59 Å². The number of amides is 2. The molecule has 0 aromatic heterocycles. The second-order valence-corrected chi connectivity index (χ2v) is 6.68. The Labute approximate surface area is 148 Å². The van der Waals surface area contributed by atoms with Gasteiger partial charge < -0.3 is 16.4 Å². The third-order valence-corrected chi connectivity index (χ3v) is 4.00. The smallest absolute Gasteiger partial charge is 0.251 e. The number of anilines is 1. The molecule has 0 saturated carbocycles. The predicted octanol–water partition coefficient (Wildman–Crippen LogP) is 2.95. The summed E-state index contributed by atoms with van der Waals surface area (Å²) in [5, 5.41) is 5.67. The van der Waals surface area contributed by atoms with E-state index in [1.165, 1.54) is 0 Å². The summed E-state index contributed by atoms with van der Waals surface area (Å²) in [5.41, 5.74) is 7.69. The molecule has 2 aromatic rings. The van der Waals surface area contributed by atoms with Gasteiger partial charge in [0.25, 0.3) is 5.91 Å². The SMILES string of the molecule is Cc1ccc(NC(=O)C(C)(N)c2ccccc2)cc1C(=O)NC(C)C. The van der Waals surface area contributed by atoms with Crippen molar-refractivity contribution in [1.29, 1.82) is 0 Å². The second kappa shape index (κ2) is 7.49. The van der Waals surface area contributed by atoms with E-state index in [0.29, 0.717) is 11.3 Å². The van der Waals surface area contributed by atoms with Gasteiger partial charge in [-0.2, -0.15) is 0 Å². The highest BCUT2D eigenvalue weighted by molar-refractivity contribution is 6.01. The Hall–Kier alpha value is -2.66. The Balaban J connectivity index is 2.23. The number of hydrogen-bond donors (Lipinski definition) is 3. The third-order valence-electron chi connectivity index (χ3n) is 4.00. The molecule has 0 aliphatic rings. The van der Waals surface area contributed by atoms with Crippen LogP contribution in [-0.4, -0.2) is 17.9 Å². The molecule has 0 fully saturated rings. The van der Waals surface area contributed by atoms with Crippen LogP contribution in [0.25, 0.3) is 0 Å². The van der Waals surface area contributed by atoms with Crippen LogP contribution in [-0.2, 0) is 10.3 Å². The zero-order chi connectivity index (χ0) is 18.6. The molecule has 132 valence electrons. The number of carbonyl (C=O) groups is 2. The molecule has 25 heavy (non-hydrogen) atoms. The first-order chi connectivity index (χ1) is 11.7. The highest BCUT2D eigenvalue weighted by Crippen LogP contribution is 2.21. The van der Waals surface area contributed by atoms with Gasteiger partial charge in [0.2, 0.25) is 5.91 Å². The minimum absolute atomic E-state index is 0.0376. The zero-order valence-electron chi connectivity index (χ0n) is 15.1. The van der Waals surface area contributed by atoms with Crippen LogP contribution in [0.1, 0.15) is 42.3 Å². The van der Waals surface area contributed by atoms with E-state index in [0.717, 1.165) is 11.1 Å². The lowest BCUT2D eigenvalue weighted by Crippen LogP contribution is -2.45. The first-order valence-corrected chi connectivity index (χ1v) is 8.29. The van der Waals surface area contributed by atoms with Gasteiger partial charge in [0.05, 0.1) is 0 Å². The summed E-state index contributed by atoms with van der Waals surface area (Å²) in [6, 6.07) is 14.5. The molecule has 5 nitrogen and oxygen atoms in total. The fraction of sp³-hybridized carbons (Fsp3) is 0.300. The predicted molar refractivity (Wildman–Crippen MR) is 100 cm³/mol. The van der Waals surface area contributed by atoms with Gasteiger partial charge in [-0.05, 0) is 51.0 Å². The van der Waals surface area contributed by atoms with Gasteiger partial charge in [0, 0.05) is 17.3 Å². The Morgan fingerprint density at radius 2 is 1.72 bits per heavy atom. The molecule has 1 unspecified atom stereocenters. The first kappa shape index (κ1) is 18.7. The molecule has 2 rings (SSSR count). The second-order valence-electron chi connectivity index (χ2n) is 6.68. The minimum Gasteiger partial charge on any atom is -0.350 e. The van der Waals surface area contributed by atoms with E-state index in [-0.39, 0.29) is 17.9 Å². The maximum atomic E-state index is 12.6. The number of nitrogens with one attached hydrogen (secondary N) is 2. The molecule has 2 amide bonds. The van der Waals surface area contributed by atoms with Crippen molar-refractivity contribution in [1.82, 2.24) is 5.32 Å². The molecule has 0 saturated heterocycles. The van der Waals surface area contributed by atoms with Gasteiger partial charge in [0.15, 0.2) is 0 Å². The quantitative estimate of drug-likeness (QED) is 0.783. The van der Waals surface area contributed by atoms with Crippen LogP contribution in [0.3, 0.4) is 0 Å². The van der Waals surface area contributed by atoms with E-state index in [1.54, 1.807) is 25.1 Å². The molecule has 0 bridgehead atoms. The Bertz CT molecular complexity index is 768. The average Bonchev–Trinajstić information content (AvgIpc) is 2.56. The van der Waals surface area contributed by atoms with E-state index >= 15 is 0 Å². The van der Waals surface area contributed by atoms with Crippen LogP contribution < -0.4 is 16.4 Å². The van der Waals surface area contributed by atoms with Gasteiger partial charge in [-0.25, -0.2) is 0 Å². The van der Waals surface area contributed by atoms with Gasteiger partial charge in [-0.1, -0.05) is 36.4 Å². The summed E-state index contributed by atoms with van der Waals surface area (Å²) in [6.45, 7) is 7.33. The normalized spacial score (nSPS) is 13.2. The number of hydrogen-bond acceptors (Lipinski definition) is 3. The minimum atomic E-state index is -1.17. The fourth-order valence-electron chi connectivity index (χ4n) is 2.46. The van der Waals surface area contributed by atoms with E-state index in [4.69, 9.17) is 5.73 Å². The van der Waals surface area contributed by atoms with E-state index < -0.39 is 5.54 Å². The Morgan fingerprint density at radius 3 is 2.32 bits per heavy atom. The molecule has 1 atom stereocenters. The largest absolute Gasteiger partial charge is 0.350 e. The molecule has 0 radical (unpaired) electrons. The first-order valence-electron chi connectivity index (χ1n) is 8.29. The summed E-state index contributed by atoms with van der Waals surface area (Å²) in [6.07, 6.45) is 0. The van der Waals surface area contributed by atoms with Crippen molar-refractivity contribution in [2.45, 2.75) is 39.3 Å². The lowest BCUT2D eigenvalue weighted by atomic mass is 9.92. The van der Waals surface area contributed by atoms with Crippen molar-refractivity contribution in [2.75, 3.05) is 5.32 Å². The fourth-order valence-corrected chi connectivity index (χ4v) is 2.46. The molecule has 2 aromatic carbocycles. The van der Waals surface area contributed by atoms with Gasteiger partial charge in [0.1, 0.15) is 5.54 Å². The van der Waals surface area contributed by atoms with Gasteiger partial charge in [-0.15, -0.1) is 0 Å². The van der Waals surface area contributed by atoms with Crippen molar-refractivity contribution in [3.63, 3.8) is 0 Å². The van der Waals surface area contributed by atoms with E-state index in [1.807, 2.05) is 51.1 Å². The number of aryl methyl sites for hydroxylation is 1. The number of benzene rings is 2. The highest BCUT2D eigenvalue weighted by atomic mass is 16.2. The van der Waals surface area contributed by atoms with Crippen molar-refractivity contribution < 1.29 is 9.59 Å². The molecule has 4 N–H and O–H groups in total. The lowest BCUT2D eigenvalue weighted by Gasteiger charge is -2.24. The Kier molecular flexibility index (Phi) is 5.59. The lowest BCUT2D eigenvalue weighted by molar-refractivity contribution is -0.120. The topological polar surface area (TPSA) is 84.2 Å². The van der Waals surface area contributed by atoms with Crippen LogP contribution in [0.5, 0.6) is 0 Å². The number of carbonyl (C=O) groups excluding carboxylic acids is 2. The standard InChI is InChI=1S/C20H25N3O2/c1-13(2)22-18(24)17-12-16(11-10-14(17)3)23-19(25)20(4,21)15-8-6-5-7-9-15/h5-13H,21H2,1-4H3,(H,22,24)(H,23,25). The Morgan fingerprint density at radius 1 is 1.08 bits per heavy atom. The zero-order valence-corrected chi connectivity index (χ0v) is 15.1. The van der Waals surface area contributed by atoms with Crippen molar-refractivity contribution in [2.24, 2.45) is 5.73 Å². The molecule has 0 aliphatic heterocycles. The third kappa shape index (κ3) is 4.45. The van der Waals surface area contributed by atoms with Gasteiger partial charge in [-0.3, -0.25) is 9.59 Å². The van der Waals surface area contributed by atoms with Crippen LogP contribution >= 0.6 is 0 Å². The molecular weight excluding hydrogens is 314 g/mol. The summed E-state index contributed by atoms with van der Waals surface area (Å²) < 4.78 is 0. The van der Waals surface area contributed by atoms with E-state index in [2.05, 4.69) is 10.6 Å². The molecule has 5 heteroatoms. The molecular formula is C20H25N3O2. The van der Waals surface area contributed by atoms with Gasteiger partial charge >= 0.3 is 0 Å². The van der Waals surface area contributed by atoms with Crippen molar-refractivity contribution in [3.05, 3.63) is 65.2 Å². The molecule has 0 aliphatic carbocycles. The summed E-state index contributed by atoms with van der Waals surface area (Å²) >= 11 is 0. The maximum Gasteiger partial charge on any atom is 0.251 e. The summed E-state index contributed by atoms with van der Waals surface area (Å²) in [4.78, 5) is 24.9.